The fourth-order valence-electron chi connectivity index (χ4n) is 2.70. The maximum atomic E-state index is 3.59. The Kier molecular flexibility index (Phi) is 4.38. The largest absolute Gasteiger partial charge is 0.385 e. The Morgan fingerprint density at radius 3 is 2.70 bits per heavy atom. The van der Waals surface area contributed by atoms with Crippen LogP contribution < -0.4 is 10.6 Å². The summed E-state index contributed by atoms with van der Waals surface area (Å²) in [5, 5.41) is 7.08. The van der Waals surface area contributed by atoms with Gasteiger partial charge < -0.3 is 10.6 Å². The number of hydrogen-bond donors (Lipinski definition) is 2. The van der Waals surface area contributed by atoms with Gasteiger partial charge in [-0.15, -0.1) is 0 Å². The maximum absolute atomic E-state index is 3.59. The van der Waals surface area contributed by atoms with E-state index in [4.69, 9.17) is 0 Å². The van der Waals surface area contributed by atoms with Gasteiger partial charge in [0.15, 0.2) is 0 Å². The van der Waals surface area contributed by atoms with Gasteiger partial charge in [-0.05, 0) is 35.6 Å². The number of nitrogens with one attached hydrogen (secondary N) is 2. The van der Waals surface area contributed by atoms with Gasteiger partial charge in [-0.1, -0.05) is 52.3 Å². The number of anilines is 1. The molecule has 0 fully saturated rings. The average molecular weight is 331 g/mol. The van der Waals surface area contributed by atoms with Crippen LogP contribution in [0.25, 0.3) is 0 Å². The van der Waals surface area contributed by atoms with Gasteiger partial charge in [0, 0.05) is 29.8 Å². The molecule has 0 aromatic heterocycles. The molecule has 0 amide bonds. The minimum Gasteiger partial charge on any atom is -0.385 e. The lowest BCUT2D eigenvalue weighted by atomic mass is 9.99. The standard InChI is InChI=1S/C17H19BrN2/c18-16-9-2-1-5-14(16)11-19-12-15-7-3-6-13-8-4-10-20-17(13)15/h1-3,5-7,9,19-20H,4,8,10-12H2. The minimum absolute atomic E-state index is 0.880. The molecule has 0 atom stereocenters. The van der Waals surface area contributed by atoms with E-state index in [1.165, 1.54) is 39.7 Å². The molecule has 1 aliphatic heterocycles. The molecule has 3 heteroatoms. The second-order valence-corrected chi connectivity index (χ2v) is 6.03. The van der Waals surface area contributed by atoms with E-state index in [9.17, 15) is 0 Å². The van der Waals surface area contributed by atoms with Gasteiger partial charge in [0.05, 0.1) is 0 Å². The van der Waals surface area contributed by atoms with Crippen molar-refractivity contribution in [1.82, 2.24) is 5.32 Å². The average Bonchev–Trinajstić information content (AvgIpc) is 2.49. The van der Waals surface area contributed by atoms with Gasteiger partial charge in [-0.25, -0.2) is 0 Å². The second kappa shape index (κ2) is 6.42. The molecule has 2 aromatic rings. The molecular formula is C17H19BrN2. The summed E-state index contributed by atoms with van der Waals surface area (Å²) >= 11 is 3.59. The SMILES string of the molecule is Brc1ccccc1CNCc1cccc2c1NCCC2. The van der Waals surface area contributed by atoms with Crippen LogP contribution in [0, 0.1) is 0 Å². The van der Waals surface area contributed by atoms with Gasteiger partial charge in [0.1, 0.15) is 0 Å². The molecule has 2 aromatic carbocycles. The van der Waals surface area contributed by atoms with Crippen LogP contribution in [0.15, 0.2) is 46.9 Å². The number of para-hydroxylation sites is 1. The van der Waals surface area contributed by atoms with Crippen molar-refractivity contribution < 1.29 is 0 Å². The van der Waals surface area contributed by atoms with Crippen LogP contribution in [-0.2, 0) is 19.5 Å². The number of fused-ring (bicyclic) bond motifs is 1. The summed E-state index contributed by atoms with van der Waals surface area (Å²) in [7, 11) is 0. The summed E-state index contributed by atoms with van der Waals surface area (Å²) in [5.41, 5.74) is 5.47. The molecule has 2 nitrogen and oxygen atoms in total. The van der Waals surface area contributed by atoms with Crippen molar-refractivity contribution in [3.05, 3.63) is 63.6 Å². The van der Waals surface area contributed by atoms with Crippen molar-refractivity contribution in [2.45, 2.75) is 25.9 Å². The molecule has 0 saturated carbocycles. The molecule has 3 rings (SSSR count). The van der Waals surface area contributed by atoms with Crippen LogP contribution in [0.2, 0.25) is 0 Å². The Labute approximate surface area is 128 Å². The third-order valence-corrected chi connectivity index (χ3v) is 4.52. The molecule has 2 N–H and O–H groups in total. The molecule has 104 valence electrons. The molecule has 0 spiro atoms. The van der Waals surface area contributed by atoms with Crippen LogP contribution in [0.3, 0.4) is 0 Å². The highest BCUT2D eigenvalue weighted by molar-refractivity contribution is 9.10. The lowest BCUT2D eigenvalue weighted by molar-refractivity contribution is 0.689. The molecule has 1 aliphatic rings. The fourth-order valence-corrected chi connectivity index (χ4v) is 3.13. The highest BCUT2D eigenvalue weighted by Crippen LogP contribution is 2.26. The van der Waals surface area contributed by atoms with E-state index in [-0.39, 0.29) is 0 Å². The zero-order valence-corrected chi connectivity index (χ0v) is 13.0. The second-order valence-electron chi connectivity index (χ2n) is 5.18. The molecule has 0 radical (unpaired) electrons. The first kappa shape index (κ1) is 13.7. The van der Waals surface area contributed by atoms with Crippen molar-refractivity contribution >= 4 is 21.6 Å². The van der Waals surface area contributed by atoms with E-state index in [1.807, 2.05) is 6.07 Å². The monoisotopic (exact) mass is 330 g/mol. The predicted molar refractivity (Wildman–Crippen MR) is 87.9 cm³/mol. The van der Waals surface area contributed by atoms with E-state index in [1.54, 1.807) is 0 Å². The van der Waals surface area contributed by atoms with E-state index in [0.717, 1.165) is 19.6 Å². The molecular weight excluding hydrogens is 312 g/mol. The maximum Gasteiger partial charge on any atom is 0.0418 e. The van der Waals surface area contributed by atoms with E-state index >= 15 is 0 Å². The van der Waals surface area contributed by atoms with Crippen molar-refractivity contribution in [2.24, 2.45) is 0 Å². The van der Waals surface area contributed by atoms with Gasteiger partial charge in [0.25, 0.3) is 0 Å². The quantitative estimate of drug-likeness (QED) is 0.881. The Bertz CT molecular complexity index is 595. The summed E-state index contributed by atoms with van der Waals surface area (Å²) in [6.45, 7) is 2.87. The predicted octanol–water partition coefficient (Wildman–Crippen LogP) is 4.10. The molecule has 0 bridgehead atoms. The van der Waals surface area contributed by atoms with Crippen LogP contribution in [0.4, 0.5) is 5.69 Å². The minimum atomic E-state index is 0.880. The summed E-state index contributed by atoms with van der Waals surface area (Å²) in [5.74, 6) is 0. The zero-order valence-electron chi connectivity index (χ0n) is 11.5. The van der Waals surface area contributed by atoms with Crippen LogP contribution in [0.1, 0.15) is 23.1 Å². The third-order valence-electron chi connectivity index (χ3n) is 3.75. The number of rotatable bonds is 4. The number of benzene rings is 2. The molecule has 0 aliphatic carbocycles. The zero-order chi connectivity index (χ0) is 13.8. The lowest BCUT2D eigenvalue weighted by Gasteiger charge is -2.21. The first-order valence-corrected chi connectivity index (χ1v) is 7.92. The summed E-state index contributed by atoms with van der Waals surface area (Å²) in [6, 6.07) is 15.0. The van der Waals surface area contributed by atoms with E-state index in [2.05, 4.69) is 63.0 Å². The Balaban J connectivity index is 1.66. The topological polar surface area (TPSA) is 24.1 Å². The van der Waals surface area contributed by atoms with Gasteiger partial charge in [-0.2, -0.15) is 0 Å². The molecule has 0 unspecified atom stereocenters. The van der Waals surface area contributed by atoms with Crippen molar-refractivity contribution in [3.63, 3.8) is 0 Å². The highest BCUT2D eigenvalue weighted by Gasteiger charge is 2.11. The Morgan fingerprint density at radius 2 is 1.80 bits per heavy atom. The van der Waals surface area contributed by atoms with Gasteiger partial charge in [0.2, 0.25) is 0 Å². The smallest absolute Gasteiger partial charge is 0.0418 e. The van der Waals surface area contributed by atoms with Crippen LogP contribution in [0.5, 0.6) is 0 Å². The third kappa shape index (κ3) is 3.05. The summed E-state index contributed by atoms with van der Waals surface area (Å²) in [6.07, 6.45) is 2.43. The normalized spacial score (nSPS) is 13.7. The van der Waals surface area contributed by atoms with Gasteiger partial charge in [-0.3, -0.25) is 0 Å². The number of hydrogen-bond acceptors (Lipinski definition) is 2. The first-order valence-electron chi connectivity index (χ1n) is 7.13. The van der Waals surface area contributed by atoms with E-state index < -0.39 is 0 Å². The van der Waals surface area contributed by atoms with Crippen molar-refractivity contribution in [2.75, 3.05) is 11.9 Å². The number of aryl methyl sites for hydroxylation is 1. The molecule has 0 saturated heterocycles. The summed E-state index contributed by atoms with van der Waals surface area (Å²) < 4.78 is 1.17. The molecule has 20 heavy (non-hydrogen) atoms. The Morgan fingerprint density at radius 1 is 1.00 bits per heavy atom. The lowest BCUT2D eigenvalue weighted by Crippen LogP contribution is -2.18. The van der Waals surface area contributed by atoms with Crippen LogP contribution >= 0.6 is 15.9 Å². The Hall–Kier alpha value is -1.32. The highest BCUT2D eigenvalue weighted by atomic mass is 79.9. The summed E-state index contributed by atoms with van der Waals surface area (Å²) in [4.78, 5) is 0. The van der Waals surface area contributed by atoms with Crippen LogP contribution in [-0.4, -0.2) is 6.54 Å². The van der Waals surface area contributed by atoms with Crippen molar-refractivity contribution in [3.8, 4) is 0 Å². The van der Waals surface area contributed by atoms with E-state index in [0.29, 0.717) is 0 Å². The van der Waals surface area contributed by atoms with Crippen molar-refractivity contribution in [1.29, 1.82) is 0 Å². The molecule has 1 heterocycles. The fraction of sp³-hybridized carbons (Fsp3) is 0.294. The van der Waals surface area contributed by atoms with Gasteiger partial charge >= 0.3 is 0 Å². The first-order chi connectivity index (χ1) is 9.84. The number of halogens is 1.